The summed E-state index contributed by atoms with van der Waals surface area (Å²) in [5, 5.41) is 4.81. The van der Waals surface area contributed by atoms with E-state index in [1.54, 1.807) is 44.1 Å². The SMILES string of the molecule is CNC(=O)CN(C)CC(=O)N(C)CC(=O)N(C)CCCc1cccc2c1n(C)c(=O)n2C1CCC(=O)NC1=O. The van der Waals surface area contributed by atoms with Crippen LogP contribution in [0.15, 0.2) is 23.0 Å². The number of hydrogen-bond donors (Lipinski definition) is 2. The summed E-state index contributed by atoms with van der Waals surface area (Å²) in [6.07, 6.45) is 1.64. The molecule has 5 amide bonds. The second kappa shape index (κ2) is 12.7. The number of amides is 5. The van der Waals surface area contributed by atoms with Gasteiger partial charge in [0.15, 0.2) is 0 Å². The third-order valence-corrected chi connectivity index (χ3v) is 6.97. The molecule has 13 heteroatoms. The van der Waals surface area contributed by atoms with E-state index >= 15 is 0 Å². The number of hydrogen-bond acceptors (Lipinski definition) is 7. The Labute approximate surface area is 226 Å². The lowest BCUT2D eigenvalue weighted by atomic mass is 10.0. The third-order valence-electron chi connectivity index (χ3n) is 6.97. The molecular formula is C26H37N7O6. The Kier molecular flexibility index (Phi) is 9.62. The van der Waals surface area contributed by atoms with Crippen molar-refractivity contribution in [3.63, 3.8) is 0 Å². The van der Waals surface area contributed by atoms with Crippen LogP contribution in [0.1, 0.15) is 30.9 Å². The number of fused-ring (bicyclic) bond motifs is 1. The van der Waals surface area contributed by atoms with E-state index in [1.807, 2.05) is 12.1 Å². The number of benzene rings is 1. The predicted molar refractivity (Wildman–Crippen MR) is 144 cm³/mol. The Morgan fingerprint density at radius 3 is 2.38 bits per heavy atom. The minimum atomic E-state index is -0.749. The molecule has 1 aromatic carbocycles. The highest BCUT2D eigenvalue weighted by Crippen LogP contribution is 2.25. The zero-order chi connectivity index (χ0) is 28.9. The smallest absolute Gasteiger partial charge is 0.329 e. The lowest BCUT2D eigenvalue weighted by molar-refractivity contribution is -0.139. The predicted octanol–water partition coefficient (Wildman–Crippen LogP) is -1.16. The van der Waals surface area contributed by atoms with Gasteiger partial charge in [0.2, 0.25) is 29.5 Å². The van der Waals surface area contributed by atoms with Crippen molar-refractivity contribution in [2.24, 2.45) is 7.05 Å². The number of aryl methyl sites for hydroxylation is 2. The molecule has 2 aromatic rings. The van der Waals surface area contributed by atoms with Crippen LogP contribution in [0.4, 0.5) is 0 Å². The Hall–Kier alpha value is -4.00. The first-order valence-electron chi connectivity index (χ1n) is 12.8. The number of carbonyl (C=O) groups excluding carboxylic acids is 5. The maximum Gasteiger partial charge on any atom is 0.329 e. The average molecular weight is 544 g/mol. The van der Waals surface area contributed by atoms with Gasteiger partial charge in [0.1, 0.15) is 6.04 Å². The van der Waals surface area contributed by atoms with Crippen molar-refractivity contribution in [2.75, 3.05) is 54.4 Å². The lowest BCUT2D eigenvalue weighted by Gasteiger charge is -2.24. The number of para-hydroxylation sites is 1. The number of rotatable bonds is 11. The summed E-state index contributed by atoms with van der Waals surface area (Å²) >= 11 is 0. The van der Waals surface area contributed by atoms with Crippen molar-refractivity contribution in [3.05, 3.63) is 34.2 Å². The fourth-order valence-corrected chi connectivity index (χ4v) is 4.73. The van der Waals surface area contributed by atoms with Crippen molar-refractivity contribution in [2.45, 2.75) is 31.7 Å². The Bertz CT molecular complexity index is 1330. The molecule has 1 unspecified atom stereocenters. The van der Waals surface area contributed by atoms with Gasteiger partial charge in [0.25, 0.3) is 0 Å². The molecule has 0 saturated carbocycles. The Balaban J connectivity index is 1.60. The highest BCUT2D eigenvalue weighted by atomic mass is 16.2. The van der Waals surface area contributed by atoms with Crippen LogP contribution in [-0.4, -0.2) is 108 Å². The number of imide groups is 1. The zero-order valence-corrected chi connectivity index (χ0v) is 23.2. The molecule has 1 aliphatic rings. The quantitative estimate of drug-likeness (QED) is 0.340. The molecule has 0 spiro atoms. The van der Waals surface area contributed by atoms with Crippen LogP contribution in [0.25, 0.3) is 11.0 Å². The van der Waals surface area contributed by atoms with Gasteiger partial charge < -0.3 is 15.1 Å². The maximum absolute atomic E-state index is 13.1. The second-order valence-electron chi connectivity index (χ2n) is 9.98. The summed E-state index contributed by atoms with van der Waals surface area (Å²) in [7, 11) is 8.07. The standard InChI is InChI=1S/C26H37N7O6/c1-27-21(35)14-29(2)15-22(36)31(4)16-23(37)30(3)13-7-9-17-8-6-10-18-24(17)32(5)26(39)33(18)19-11-12-20(34)28-25(19)38/h6,8,10,19H,7,9,11-16H2,1-5H3,(H,27,35)(H,28,34,38). The number of nitrogens with one attached hydrogen (secondary N) is 2. The molecule has 2 N–H and O–H groups in total. The van der Waals surface area contributed by atoms with Crippen LogP contribution in [0.3, 0.4) is 0 Å². The van der Waals surface area contributed by atoms with Gasteiger partial charge in [-0.1, -0.05) is 12.1 Å². The first kappa shape index (κ1) is 29.6. The summed E-state index contributed by atoms with van der Waals surface area (Å²) in [6.45, 7) is 0.457. The minimum Gasteiger partial charge on any atom is -0.358 e. The largest absolute Gasteiger partial charge is 0.358 e. The second-order valence-corrected chi connectivity index (χ2v) is 9.98. The molecule has 2 heterocycles. The minimum absolute atomic E-state index is 0.0160. The molecular weight excluding hydrogens is 506 g/mol. The molecule has 0 bridgehead atoms. The van der Waals surface area contributed by atoms with Gasteiger partial charge >= 0.3 is 5.69 Å². The molecule has 1 aromatic heterocycles. The summed E-state index contributed by atoms with van der Waals surface area (Å²) in [4.78, 5) is 78.2. The molecule has 13 nitrogen and oxygen atoms in total. The normalized spacial score (nSPS) is 15.4. The van der Waals surface area contributed by atoms with Crippen molar-refractivity contribution < 1.29 is 24.0 Å². The van der Waals surface area contributed by atoms with Crippen molar-refractivity contribution in [1.29, 1.82) is 0 Å². The van der Waals surface area contributed by atoms with Gasteiger partial charge in [-0.15, -0.1) is 0 Å². The van der Waals surface area contributed by atoms with Gasteiger partial charge in [0.05, 0.1) is 30.7 Å². The first-order valence-corrected chi connectivity index (χ1v) is 12.8. The highest BCUT2D eigenvalue weighted by molar-refractivity contribution is 6.00. The van der Waals surface area contributed by atoms with Crippen LogP contribution < -0.4 is 16.3 Å². The fraction of sp³-hybridized carbons (Fsp3) is 0.538. The summed E-state index contributed by atoms with van der Waals surface area (Å²) < 4.78 is 2.97. The summed E-state index contributed by atoms with van der Waals surface area (Å²) in [6, 6.07) is 4.79. The van der Waals surface area contributed by atoms with E-state index in [4.69, 9.17) is 0 Å². The van der Waals surface area contributed by atoms with Gasteiger partial charge in [-0.2, -0.15) is 0 Å². The van der Waals surface area contributed by atoms with E-state index in [9.17, 15) is 28.8 Å². The first-order chi connectivity index (χ1) is 18.4. The molecule has 212 valence electrons. The maximum atomic E-state index is 13.1. The van der Waals surface area contributed by atoms with Crippen LogP contribution >= 0.6 is 0 Å². The topological polar surface area (TPSA) is 146 Å². The van der Waals surface area contributed by atoms with E-state index in [0.717, 1.165) is 5.56 Å². The van der Waals surface area contributed by atoms with Crippen LogP contribution in [-0.2, 0) is 37.4 Å². The molecule has 1 fully saturated rings. The Morgan fingerprint density at radius 2 is 1.72 bits per heavy atom. The number of piperidine rings is 1. The van der Waals surface area contributed by atoms with Crippen LogP contribution in [0.5, 0.6) is 0 Å². The molecule has 39 heavy (non-hydrogen) atoms. The molecule has 1 atom stereocenters. The van der Waals surface area contributed by atoms with E-state index in [1.165, 1.54) is 21.1 Å². The lowest BCUT2D eigenvalue weighted by Crippen LogP contribution is -2.44. The number of nitrogens with zero attached hydrogens (tertiary/aromatic N) is 5. The molecule has 1 saturated heterocycles. The molecule has 0 radical (unpaired) electrons. The monoisotopic (exact) mass is 543 g/mol. The van der Waals surface area contributed by atoms with E-state index < -0.39 is 11.9 Å². The van der Waals surface area contributed by atoms with E-state index in [-0.39, 0.29) is 61.8 Å². The molecule has 1 aliphatic heterocycles. The van der Waals surface area contributed by atoms with E-state index in [0.29, 0.717) is 30.4 Å². The Morgan fingerprint density at radius 1 is 1.03 bits per heavy atom. The fourth-order valence-electron chi connectivity index (χ4n) is 4.73. The van der Waals surface area contributed by atoms with Crippen molar-refractivity contribution >= 4 is 40.6 Å². The summed E-state index contributed by atoms with van der Waals surface area (Å²) in [5.74, 6) is -1.50. The van der Waals surface area contributed by atoms with Gasteiger partial charge in [-0.25, -0.2) is 4.79 Å². The summed E-state index contributed by atoms with van der Waals surface area (Å²) in [5.41, 5.74) is 1.92. The highest BCUT2D eigenvalue weighted by Gasteiger charge is 2.31. The van der Waals surface area contributed by atoms with Crippen molar-refractivity contribution in [1.82, 2.24) is 34.5 Å². The molecule has 3 rings (SSSR count). The number of aromatic nitrogens is 2. The number of carbonyl (C=O) groups is 5. The van der Waals surface area contributed by atoms with Gasteiger partial charge in [-0.3, -0.25) is 43.3 Å². The molecule has 0 aliphatic carbocycles. The third kappa shape index (κ3) is 6.91. The van der Waals surface area contributed by atoms with Gasteiger partial charge in [-0.05, 0) is 37.9 Å². The average Bonchev–Trinajstić information content (AvgIpc) is 3.14. The van der Waals surface area contributed by atoms with Crippen LogP contribution in [0, 0.1) is 0 Å². The van der Waals surface area contributed by atoms with E-state index in [2.05, 4.69) is 10.6 Å². The zero-order valence-electron chi connectivity index (χ0n) is 23.2. The number of imidazole rings is 1. The number of likely N-dealkylation sites (N-methyl/N-ethyl adjacent to an activating group) is 4. The van der Waals surface area contributed by atoms with Crippen LogP contribution in [0.2, 0.25) is 0 Å². The van der Waals surface area contributed by atoms with Crippen molar-refractivity contribution in [3.8, 4) is 0 Å². The van der Waals surface area contributed by atoms with Gasteiger partial charge in [0, 0.05) is 41.2 Å².